The van der Waals surface area contributed by atoms with Crippen molar-refractivity contribution >= 4 is 28.6 Å². The molecule has 43 heavy (non-hydrogen) atoms. The lowest BCUT2D eigenvalue weighted by atomic mass is 9.88. The summed E-state index contributed by atoms with van der Waals surface area (Å²) in [6, 6.07) is 16.2. The van der Waals surface area contributed by atoms with Crippen molar-refractivity contribution in [2.75, 3.05) is 33.4 Å². The number of ether oxygens (including phenoxy) is 4. The van der Waals surface area contributed by atoms with Crippen LogP contribution < -0.4 is 9.47 Å². The van der Waals surface area contributed by atoms with Crippen molar-refractivity contribution in [3.8, 4) is 11.5 Å². The summed E-state index contributed by atoms with van der Waals surface area (Å²) in [5.74, 6) is 1.90. The number of hydrogen-bond donors (Lipinski definition) is 0. The second kappa shape index (κ2) is 11.8. The average molecular weight is 606 g/mol. The van der Waals surface area contributed by atoms with E-state index < -0.39 is 11.9 Å². The number of likely N-dealkylation sites (tertiary alicyclic amines) is 1. The zero-order chi connectivity index (χ0) is 29.5. The van der Waals surface area contributed by atoms with Gasteiger partial charge in [0, 0.05) is 22.8 Å². The number of aromatic nitrogens is 2. The number of hydrogen-bond acceptors (Lipinski definition) is 7. The van der Waals surface area contributed by atoms with Crippen LogP contribution >= 0.6 is 11.6 Å². The van der Waals surface area contributed by atoms with Crippen molar-refractivity contribution in [3.05, 3.63) is 88.0 Å². The third-order valence-corrected chi connectivity index (χ3v) is 9.02. The summed E-state index contributed by atoms with van der Waals surface area (Å²) in [4.78, 5) is 19.6. The number of benzene rings is 3. The van der Waals surface area contributed by atoms with Gasteiger partial charge in [0.25, 0.3) is 0 Å². The third-order valence-electron chi connectivity index (χ3n) is 8.79. The van der Waals surface area contributed by atoms with Crippen LogP contribution in [0.3, 0.4) is 0 Å². The van der Waals surface area contributed by atoms with Crippen LogP contribution in [0.25, 0.3) is 11.0 Å². The first kappa shape index (κ1) is 28.1. The van der Waals surface area contributed by atoms with E-state index in [0.717, 1.165) is 61.4 Å². The Kier molecular flexibility index (Phi) is 7.71. The number of methoxy groups -OCH3 is 1. The lowest BCUT2D eigenvalue weighted by molar-refractivity contribution is -0.0592. The van der Waals surface area contributed by atoms with Gasteiger partial charge in [-0.1, -0.05) is 29.8 Å². The van der Waals surface area contributed by atoms with E-state index in [0.29, 0.717) is 40.7 Å². The molecule has 0 bridgehead atoms. The molecule has 3 aliphatic heterocycles. The molecule has 3 aliphatic rings. The molecule has 10 heteroatoms. The molecule has 1 unspecified atom stereocenters. The fraction of sp³-hybridized carbons (Fsp3) is 0.394. The van der Waals surface area contributed by atoms with E-state index in [1.807, 2.05) is 24.3 Å². The molecule has 0 radical (unpaired) electrons. The first-order valence-corrected chi connectivity index (χ1v) is 15.1. The Hall–Kier alpha value is -3.66. The Labute approximate surface area is 254 Å². The number of esters is 1. The highest BCUT2D eigenvalue weighted by molar-refractivity contribution is 6.30. The van der Waals surface area contributed by atoms with Gasteiger partial charge in [0.2, 0.25) is 0 Å². The molecule has 2 saturated heterocycles. The van der Waals surface area contributed by atoms with Gasteiger partial charge in [-0.2, -0.15) is 0 Å². The lowest BCUT2D eigenvalue weighted by Gasteiger charge is -2.35. The van der Waals surface area contributed by atoms with E-state index >= 15 is 0 Å². The van der Waals surface area contributed by atoms with E-state index in [9.17, 15) is 9.18 Å². The van der Waals surface area contributed by atoms with E-state index in [4.69, 9.17) is 35.5 Å². The zero-order valence-electron chi connectivity index (χ0n) is 23.9. The standard InChI is InChI=1S/C33H33ClFN3O5/c1-40-33(39)21-5-8-27-28(15-21)38(17-23-11-14-41-23)31(36-27)18-37-12-9-20(10-13-37)24-3-2-4-29-32(24)43-30(19-42-29)25-7-6-22(34)16-26(25)35/h2-8,15-16,20,23,30H,9-14,17-19H2,1H3/t23-,30?/m0/s1. The Morgan fingerprint density at radius 2 is 1.93 bits per heavy atom. The summed E-state index contributed by atoms with van der Waals surface area (Å²) < 4.78 is 40.0. The number of imidazole rings is 1. The predicted octanol–water partition coefficient (Wildman–Crippen LogP) is 6.30. The van der Waals surface area contributed by atoms with Crippen LogP contribution in [0.5, 0.6) is 11.5 Å². The summed E-state index contributed by atoms with van der Waals surface area (Å²) in [6.45, 7) is 4.20. The molecule has 0 N–H and O–H groups in total. The fourth-order valence-electron chi connectivity index (χ4n) is 6.33. The molecular formula is C33H33ClFN3O5. The highest BCUT2D eigenvalue weighted by atomic mass is 35.5. The fourth-order valence-corrected chi connectivity index (χ4v) is 6.49. The van der Waals surface area contributed by atoms with Crippen molar-refractivity contribution in [1.82, 2.24) is 14.5 Å². The van der Waals surface area contributed by atoms with Crippen molar-refractivity contribution in [3.63, 3.8) is 0 Å². The third kappa shape index (κ3) is 5.57. The minimum absolute atomic E-state index is 0.153. The van der Waals surface area contributed by atoms with Gasteiger partial charge < -0.3 is 23.5 Å². The first-order valence-electron chi connectivity index (χ1n) is 14.8. The van der Waals surface area contributed by atoms with Gasteiger partial charge >= 0.3 is 5.97 Å². The van der Waals surface area contributed by atoms with E-state index in [-0.39, 0.29) is 24.6 Å². The summed E-state index contributed by atoms with van der Waals surface area (Å²) in [5.41, 5.74) is 3.82. The average Bonchev–Trinajstić information content (AvgIpc) is 3.34. The summed E-state index contributed by atoms with van der Waals surface area (Å²) in [7, 11) is 1.39. The van der Waals surface area contributed by atoms with Crippen molar-refractivity contribution in [1.29, 1.82) is 0 Å². The van der Waals surface area contributed by atoms with Gasteiger partial charge in [-0.25, -0.2) is 14.2 Å². The molecule has 4 heterocycles. The Morgan fingerprint density at radius 3 is 2.67 bits per heavy atom. The number of halogens is 2. The monoisotopic (exact) mass is 605 g/mol. The van der Waals surface area contributed by atoms with Crippen LogP contribution in [0.15, 0.2) is 54.6 Å². The zero-order valence-corrected chi connectivity index (χ0v) is 24.7. The predicted molar refractivity (Wildman–Crippen MR) is 159 cm³/mol. The molecule has 224 valence electrons. The van der Waals surface area contributed by atoms with Gasteiger partial charge in [-0.3, -0.25) is 4.90 Å². The van der Waals surface area contributed by atoms with Crippen LogP contribution in [-0.4, -0.2) is 59.9 Å². The lowest BCUT2D eigenvalue weighted by Crippen LogP contribution is -2.35. The second-order valence-corrected chi connectivity index (χ2v) is 11.9. The maximum atomic E-state index is 14.7. The maximum Gasteiger partial charge on any atom is 0.337 e. The van der Waals surface area contributed by atoms with Crippen LogP contribution in [0.2, 0.25) is 5.02 Å². The SMILES string of the molecule is COC(=O)c1ccc2nc(CN3CCC(c4cccc5c4OC(c4ccc(Cl)cc4F)CO5)CC3)n(C[C@@H]3CCO3)c2c1. The molecule has 4 aromatic rings. The summed E-state index contributed by atoms with van der Waals surface area (Å²) >= 11 is 5.97. The minimum atomic E-state index is -0.543. The molecule has 7 rings (SSSR count). The van der Waals surface area contributed by atoms with Crippen molar-refractivity contribution < 1.29 is 28.1 Å². The number of fused-ring (bicyclic) bond motifs is 2. The maximum absolute atomic E-state index is 14.7. The van der Waals surface area contributed by atoms with Crippen LogP contribution in [0.4, 0.5) is 4.39 Å². The first-order chi connectivity index (χ1) is 21.0. The van der Waals surface area contributed by atoms with E-state index in [2.05, 4.69) is 15.5 Å². The number of carbonyl (C=O) groups excluding carboxylic acids is 1. The number of nitrogens with zero attached hydrogens (tertiary/aromatic N) is 3. The topological polar surface area (TPSA) is 75.0 Å². The van der Waals surface area contributed by atoms with Gasteiger partial charge in [-0.15, -0.1) is 0 Å². The van der Waals surface area contributed by atoms with E-state index in [1.54, 1.807) is 18.2 Å². The Morgan fingerprint density at radius 1 is 1.09 bits per heavy atom. The molecule has 0 aliphatic carbocycles. The van der Waals surface area contributed by atoms with Crippen LogP contribution in [0.1, 0.15) is 58.6 Å². The number of piperidine rings is 1. The molecule has 0 amide bonds. The van der Waals surface area contributed by atoms with Crippen LogP contribution in [-0.2, 0) is 22.6 Å². The number of carbonyl (C=O) groups is 1. The molecule has 3 aromatic carbocycles. The van der Waals surface area contributed by atoms with Gasteiger partial charge in [0.1, 0.15) is 18.2 Å². The molecule has 1 aromatic heterocycles. The van der Waals surface area contributed by atoms with Crippen molar-refractivity contribution in [2.45, 2.75) is 50.5 Å². The van der Waals surface area contributed by atoms with Gasteiger partial charge in [-0.05, 0) is 74.7 Å². The Balaban J connectivity index is 1.07. The molecule has 2 atom stereocenters. The molecule has 0 spiro atoms. The van der Waals surface area contributed by atoms with Crippen LogP contribution in [0, 0.1) is 5.82 Å². The Bertz CT molecular complexity index is 1660. The highest BCUT2D eigenvalue weighted by Gasteiger charge is 2.31. The molecule has 2 fully saturated rings. The van der Waals surface area contributed by atoms with Crippen molar-refractivity contribution in [2.24, 2.45) is 0 Å². The van der Waals surface area contributed by atoms with Gasteiger partial charge in [0.05, 0.1) is 42.9 Å². The highest BCUT2D eigenvalue weighted by Crippen LogP contribution is 2.45. The largest absolute Gasteiger partial charge is 0.485 e. The molecule has 0 saturated carbocycles. The molecular weight excluding hydrogens is 573 g/mol. The quantitative estimate of drug-likeness (QED) is 0.229. The summed E-state index contributed by atoms with van der Waals surface area (Å²) in [6.07, 6.45) is 2.51. The normalized spacial score (nSPS) is 20.6. The summed E-state index contributed by atoms with van der Waals surface area (Å²) in [5, 5.41) is 0.351. The second-order valence-electron chi connectivity index (χ2n) is 11.4. The smallest absolute Gasteiger partial charge is 0.337 e. The molecule has 8 nitrogen and oxygen atoms in total. The minimum Gasteiger partial charge on any atom is -0.485 e. The number of para-hydroxylation sites is 1. The number of rotatable bonds is 7. The van der Waals surface area contributed by atoms with E-state index in [1.165, 1.54) is 13.2 Å². The van der Waals surface area contributed by atoms with Gasteiger partial charge in [0.15, 0.2) is 17.6 Å².